The van der Waals surface area contributed by atoms with E-state index >= 15 is 0 Å². The molecule has 0 fully saturated rings. The molecule has 0 aromatic heterocycles. The Hall–Kier alpha value is -1.70. The summed E-state index contributed by atoms with van der Waals surface area (Å²) in [5.74, 6) is -0.898. The van der Waals surface area contributed by atoms with E-state index in [4.69, 9.17) is 0 Å². The number of hydrogen-bond donors (Lipinski definition) is 2. The molecule has 0 unspecified atom stereocenters. The molecular weight excluding hydrogens is 309 g/mol. The highest BCUT2D eigenvalue weighted by atomic mass is 79.9. The summed E-state index contributed by atoms with van der Waals surface area (Å²) in [7, 11) is 1.50. The first-order chi connectivity index (χ1) is 8.45. The van der Waals surface area contributed by atoms with Crippen LogP contribution in [-0.2, 0) is 4.79 Å². The lowest BCUT2D eigenvalue weighted by molar-refractivity contribution is -0.384. The second-order valence-corrected chi connectivity index (χ2v) is 4.24. The smallest absolute Gasteiger partial charge is 0.295 e. The van der Waals surface area contributed by atoms with Gasteiger partial charge in [-0.05, 0) is 22.0 Å². The lowest BCUT2D eigenvalue weighted by atomic mass is 10.2. The van der Waals surface area contributed by atoms with Crippen LogP contribution in [0, 0.1) is 15.9 Å². The molecule has 0 saturated heterocycles. The first-order valence-electron chi connectivity index (χ1n) is 5.03. The molecule has 2 N–H and O–H groups in total. The summed E-state index contributed by atoms with van der Waals surface area (Å²) in [5, 5.41) is 15.9. The summed E-state index contributed by atoms with van der Waals surface area (Å²) >= 11 is 2.95. The Bertz CT molecular complexity index is 482. The van der Waals surface area contributed by atoms with E-state index in [2.05, 4.69) is 26.6 Å². The van der Waals surface area contributed by atoms with E-state index in [9.17, 15) is 19.3 Å². The van der Waals surface area contributed by atoms with Gasteiger partial charge in [0.1, 0.15) is 11.5 Å². The second-order valence-electron chi connectivity index (χ2n) is 3.39. The molecule has 0 aliphatic carbocycles. The van der Waals surface area contributed by atoms with E-state index in [0.29, 0.717) is 0 Å². The average Bonchev–Trinajstić information content (AvgIpc) is 2.32. The monoisotopic (exact) mass is 319 g/mol. The number of rotatable bonds is 5. The number of amides is 1. The van der Waals surface area contributed by atoms with Crippen LogP contribution in [-0.4, -0.2) is 24.4 Å². The predicted molar refractivity (Wildman–Crippen MR) is 67.9 cm³/mol. The topological polar surface area (TPSA) is 84.3 Å². The summed E-state index contributed by atoms with van der Waals surface area (Å²) in [6, 6.07) is 2.10. The number of nitro benzene ring substituents is 1. The summed E-state index contributed by atoms with van der Waals surface area (Å²) in [5.41, 5.74) is -0.204. The molecule has 1 aromatic rings. The van der Waals surface area contributed by atoms with Crippen LogP contribution in [0.15, 0.2) is 16.6 Å². The fraction of sp³-hybridized carbons (Fsp3) is 0.300. The van der Waals surface area contributed by atoms with E-state index in [-0.39, 0.29) is 34.7 Å². The molecule has 0 aliphatic rings. The van der Waals surface area contributed by atoms with E-state index in [1.165, 1.54) is 13.1 Å². The van der Waals surface area contributed by atoms with Crippen molar-refractivity contribution in [1.82, 2.24) is 5.32 Å². The fourth-order valence-corrected chi connectivity index (χ4v) is 1.61. The van der Waals surface area contributed by atoms with Crippen molar-refractivity contribution in [1.29, 1.82) is 0 Å². The minimum Gasteiger partial charge on any atom is -0.379 e. The van der Waals surface area contributed by atoms with Gasteiger partial charge in [-0.15, -0.1) is 0 Å². The molecule has 0 saturated carbocycles. The molecular formula is C10H11BrFN3O3. The number of nitro groups is 1. The quantitative estimate of drug-likeness (QED) is 0.642. The maximum absolute atomic E-state index is 13.2. The number of benzene rings is 1. The van der Waals surface area contributed by atoms with Crippen molar-refractivity contribution >= 4 is 33.2 Å². The van der Waals surface area contributed by atoms with Crippen molar-refractivity contribution in [2.24, 2.45) is 0 Å². The van der Waals surface area contributed by atoms with E-state index in [1.807, 2.05) is 0 Å². The number of nitrogens with zero attached hydrogens (tertiary/aromatic N) is 1. The average molecular weight is 320 g/mol. The Balaban J connectivity index is 2.83. The summed E-state index contributed by atoms with van der Waals surface area (Å²) in [6.07, 6.45) is 0.169. The molecule has 0 spiro atoms. The minimum absolute atomic E-state index is 0.121. The zero-order valence-corrected chi connectivity index (χ0v) is 11.1. The molecule has 0 heterocycles. The third-order valence-electron chi connectivity index (χ3n) is 2.18. The molecule has 0 aliphatic heterocycles. The van der Waals surface area contributed by atoms with Gasteiger partial charge in [0.05, 0.1) is 15.5 Å². The zero-order valence-electron chi connectivity index (χ0n) is 9.50. The van der Waals surface area contributed by atoms with Crippen LogP contribution in [0.25, 0.3) is 0 Å². The molecule has 1 aromatic carbocycles. The third-order valence-corrected chi connectivity index (χ3v) is 2.79. The number of halogens is 2. The predicted octanol–water partition coefficient (Wildman–Crippen LogP) is 2.04. The molecule has 1 amide bonds. The van der Waals surface area contributed by atoms with Crippen molar-refractivity contribution in [2.75, 3.05) is 18.9 Å². The van der Waals surface area contributed by atoms with Gasteiger partial charge in [-0.3, -0.25) is 14.9 Å². The molecule has 98 valence electrons. The first-order valence-corrected chi connectivity index (χ1v) is 5.83. The summed E-state index contributed by atoms with van der Waals surface area (Å²) in [6.45, 7) is 0.221. The number of carbonyl (C=O) groups is 1. The second kappa shape index (κ2) is 6.29. The Morgan fingerprint density at radius 3 is 2.78 bits per heavy atom. The first kappa shape index (κ1) is 14.4. The largest absolute Gasteiger partial charge is 0.379 e. The van der Waals surface area contributed by atoms with Crippen molar-refractivity contribution in [3.63, 3.8) is 0 Å². The van der Waals surface area contributed by atoms with Gasteiger partial charge < -0.3 is 10.6 Å². The van der Waals surface area contributed by atoms with Gasteiger partial charge in [0.25, 0.3) is 5.69 Å². The fourth-order valence-electron chi connectivity index (χ4n) is 1.26. The van der Waals surface area contributed by atoms with Crippen LogP contribution in [0.4, 0.5) is 15.8 Å². The molecule has 0 atom stereocenters. The number of carbonyl (C=O) groups excluding carboxylic acids is 1. The van der Waals surface area contributed by atoms with Gasteiger partial charge in [0.2, 0.25) is 5.91 Å². The summed E-state index contributed by atoms with van der Waals surface area (Å²) < 4.78 is 13.3. The third kappa shape index (κ3) is 3.66. The lowest BCUT2D eigenvalue weighted by Crippen LogP contribution is -2.21. The van der Waals surface area contributed by atoms with Crippen LogP contribution in [0.2, 0.25) is 0 Å². The van der Waals surface area contributed by atoms with Crippen LogP contribution in [0.3, 0.4) is 0 Å². The highest BCUT2D eigenvalue weighted by Gasteiger charge is 2.17. The summed E-state index contributed by atoms with van der Waals surface area (Å²) in [4.78, 5) is 21.0. The maximum Gasteiger partial charge on any atom is 0.295 e. The Kier molecular flexibility index (Phi) is 5.02. The SMILES string of the molecule is CNC(=O)CCNc1cc(Br)c(F)cc1[N+](=O)[O-]. The van der Waals surface area contributed by atoms with Gasteiger partial charge in [0.15, 0.2) is 0 Å². The van der Waals surface area contributed by atoms with Gasteiger partial charge in [0, 0.05) is 20.0 Å². The minimum atomic E-state index is -0.710. The zero-order chi connectivity index (χ0) is 13.7. The standard InChI is InChI=1S/C10H11BrFN3O3/c1-13-10(16)2-3-14-8-4-6(11)7(12)5-9(8)15(17)18/h4-5,14H,2-3H2,1H3,(H,13,16). The van der Waals surface area contributed by atoms with E-state index < -0.39 is 10.7 Å². The van der Waals surface area contributed by atoms with E-state index in [1.54, 1.807) is 0 Å². The molecule has 18 heavy (non-hydrogen) atoms. The van der Waals surface area contributed by atoms with Crippen molar-refractivity contribution in [3.8, 4) is 0 Å². The van der Waals surface area contributed by atoms with Crippen molar-refractivity contribution in [2.45, 2.75) is 6.42 Å². The van der Waals surface area contributed by atoms with Gasteiger partial charge >= 0.3 is 0 Å². The van der Waals surface area contributed by atoms with Crippen LogP contribution in [0.5, 0.6) is 0 Å². The Morgan fingerprint density at radius 1 is 1.56 bits per heavy atom. The normalized spacial score (nSPS) is 9.94. The molecule has 1 rings (SSSR count). The highest BCUT2D eigenvalue weighted by Crippen LogP contribution is 2.30. The number of hydrogen-bond acceptors (Lipinski definition) is 4. The van der Waals surface area contributed by atoms with Gasteiger partial charge in [-0.1, -0.05) is 0 Å². The van der Waals surface area contributed by atoms with Gasteiger partial charge in [-0.25, -0.2) is 4.39 Å². The molecule has 0 bridgehead atoms. The maximum atomic E-state index is 13.2. The molecule has 0 radical (unpaired) electrons. The van der Waals surface area contributed by atoms with Crippen molar-refractivity contribution < 1.29 is 14.1 Å². The van der Waals surface area contributed by atoms with E-state index in [0.717, 1.165) is 6.07 Å². The molecule has 6 nitrogen and oxygen atoms in total. The number of nitrogens with one attached hydrogen (secondary N) is 2. The Morgan fingerprint density at radius 2 is 2.22 bits per heavy atom. The van der Waals surface area contributed by atoms with Crippen LogP contribution in [0.1, 0.15) is 6.42 Å². The van der Waals surface area contributed by atoms with Crippen molar-refractivity contribution in [3.05, 3.63) is 32.5 Å². The highest BCUT2D eigenvalue weighted by molar-refractivity contribution is 9.10. The Labute approximate surface area is 111 Å². The molecule has 8 heteroatoms. The van der Waals surface area contributed by atoms with Crippen LogP contribution >= 0.6 is 15.9 Å². The van der Waals surface area contributed by atoms with Gasteiger partial charge in [-0.2, -0.15) is 0 Å². The van der Waals surface area contributed by atoms with Crippen LogP contribution < -0.4 is 10.6 Å². The lowest BCUT2D eigenvalue weighted by Gasteiger charge is -2.07. The number of anilines is 1.